The van der Waals surface area contributed by atoms with Gasteiger partial charge in [-0.2, -0.15) is 0 Å². The van der Waals surface area contributed by atoms with Gasteiger partial charge in [0, 0.05) is 61.8 Å². The van der Waals surface area contributed by atoms with E-state index in [1.165, 1.54) is 6.07 Å². The Kier molecular flexibility index (Phi) is 7.45. The molecule has 2 aromatic carbocycles. The molecule has 2 fully saturated rings. The van der Waals surface area contributed by atoms with E-state index in [0.717, 1.165) is 31.6 Å². The van der Waals surface area contributed by atoms with Crippen molar-refractivity contribution in [3.63, 3.8) is 0 Å². The summed E-state index contributed by atoms with van der Waals surface area (Å²) in [6.45, 7) is 7.77. The van der Waals surface area contributed by atoms with Crippen LogP contribution in [0.5, 0.6) is 0 Å². The molecular formula is C25H30ClN5O4. The van der Waals surface area contributed by atoms with Crippen LogP contribution in [0.4, 0.5) is 22.7 Å². The van der Waals surface area contributed by atoms with Crippen molar-refractivity contribution in [1.29, 1.82) is 0 Å². The van der Waals surface area contributed by atoms with E-state index < -0.39 is 10.8 Å². The average molecular weight is 500 g/mol. The number of piperazine rings is 1. The summed E-state index contributed by atoms with van der Waals surface area (Å²) in [6.07, 6.45) is 1.99. The SMILES string of the molecule is CC(C)C(=O)N1CCN(c2ccc(Cl)cc2NC(=O)c2ccc(N3CCCC3)c([N+](=O)[O-])c2)CC1. The van der Waals surface area contributed by atoms with Gasteiger partial charge in [0.25, 0.3) is 11.6 Å². The van der Waals surface area contributed by atoms with E-state index in [1.54, 1.807) is 24.3 Å². The molecule has 0 aliphatic carbocycles. The molecule has 35 heavy (non-hydrogen) atoms. The summed E-state index contributed by atoms with van der Waals surface area (Å²) >= 11 is 6.23. The van der Waals surface area contributed by atoms with Crippen LogP contribution in [0, 0.1) is 16.0 Å². The first kappa shape index (κ1) is 24.8. The standard InChI is InChI=1S/C25H30ClN5O4/c1-17(2)25(33)30-13-11-29(12-14-30)21-8-6-19(26)16-20(21)27-24(32)18-5-7-22(23(15-18)31(34)35)28-9-3-4-10-28/h5-8,15-17H,3-4,9-14H2,1-2H3,(H,27,32). The van der Waals surface area contributed by atoms with Gasteiger partial charge in [-0.3, -0.25) is 19.7 Å². The van der Waals surface area contributed by atoms with Crippen molar-refractivity contribution in [2.75, 3.05) is 54.4 Å². The molecule has 2 saturated heterocycles. The third-order valence-electron chi connectivity index (χ3n) is 6.51. The van der Waals surface area contributed by atoms with Crippen molar-refractivity contribution in [2.24, 2.45) is 5.92 Å². The largest absolute Gasteiger partial charge is 0.366 e. The lowest BCUT2D eigenvalue weighted by Gasteiger charge is -2.37. The summed E-state index contributed by atoms with van der Waals surface area (Å²) < 4.78 is 0. The van der Waals surface area contributed by atoms with Crippen LogP contribution >= 0.6 is 11.6 Å². The predicted octanol–water partition coefficient (Wildman–Crippen LogP) is 4.41. The molecule has 9 nitrogen and oxygen atoms in total. The number of nitro groups is 1. The number of nitrogens with zero attached hydrogens (tertiary/aromatic N) is 4. The van der Waals surface area contributed by atoms with Crippen molar-refractivity contribution >= 4 is 46.2 Å². The summed E-state index contributed by atoms with van der Waals surface area (Å²) in [5.41, 5.74) is 2.00. The first-order chi connectivity index (χ1) is 16.7. The highest BCUT2D eigenvalue weighted by molar-refractivity contribution is 6.31. The Labute approximate surface area is 209 Å². The lowest BCUT2D eigenvalue weighted by Crippen LogP contribution is -2.50. The van der Waals surface area contributed by atoms with E-state index in [0.29, 0.717) is 42.6 Å². The molecule has 2 aliphatic heterocycles. The highest BCUT2D eigenvalue weighted by Crippen LogP contribution is 2.33. The lowest BCUT2D eigenvalue weighted by atomic mass is 10.1. The maximum Gasteiger partial charge on any atom is 0.293 e. The average Bonchev–Trinajstić information content (AvgIpc) is 3.38. The molecule has 2 aromatic rings. The number of anilines is 3. The van der Waals surface area contributed by atoms with Gasteiger partial charge in [-0.25, -0.2) is 0 Å². The second kappa shape index (κ2) is 10.5. The fourth-order valence-electron chi connectivity index (χ4n) is 4.65. The van der Waals surface area contributed by atoms with Gasteiger partial charge in [0.05, 0.1) is 16.3 Å². The van der Waals surface area contributed by atoms with Gasteiger partial charge in [-0.1, -0.05) is 25.4 Å². The summed E-state index contributed by atoms with van der Waals surface area (Å²) in [5.74, 6) is -0.362. The molecule has 4 rings (SSSR count). The molecular weight excluding hydrogens is 470 g/mol. The molecule has 0 bridgehead atoms. The number of amides is 2. The van der Waals surface area contributed by atoms with Gasteiger partial charge in [-0.05, 0) is 43.2 Å². The number of rotatable bonds is 6. The van der Waals surface area contributed by atoms with Gasteiger partial charge < -0.3 is 20.0 Å². The van der Waals surface area contributed by atoms with Crippen molar-refractivity contribution < 1.29 is 14.5 Å². The van der Waals surface area contributed by atoms with E-state index in [2.05, 4.69) is 10.2 Å². The molecule has 0 radical (unpaired) electrons. The van der Waals surface area contributed by atoms with Crippen LogP contribution in [0.3, 0.4) is 0 Å². The van der Waals surface area contributed by atoms with Crippen LogP contribution in [0.1, 0.15) is 37.0 Å². The number of carbonyl (C=O) groups is 2. The number of halogens is 1. The third kappa shape index (κ3) is 5.51. The Morgan fingerprint density at radius 2 is 1.57 bits per heavy atom. The maximum atomic E-state index is 13.1. The highest BCUT2D eigenvalue weighted by Gasteiger charge is 2.26. The number of benzene rings is 2. The predicted molar refractivity (Wildman–Crippen MR) is 138 cm³/mol. The van der Waals surface area contributed by atoms with Gasteiger partial charge >= 0.3 is 0 Å². The van der Waals surface area contributed by atoms with Crippen LogP contribution in [0.2, 0.25) is 5.02 Å². The molecule has 1 N–H and O–H groups in total. The zero-order valence-corrected chi connectivity index (χ0v) is 20.8. The van der Waals surface area contributed by atoms with E-state index in [1.807, 2.05) is 29.7 Å². The van der Waals surface area contributed by atoms with Crippen LogP contribution in [0.25, 0.3) is 0 Å². The van der Waals surface area contributed by atoms with E-state index in [-0.39, 0.29) is 23.1 Å². The summed E-state index contributed by atoms with van der Waals surface area (Å²) in [7, 11) is 0. The van der Waals surface area contributed by atoms with E-state index >= 15 is 0 Å². The van der Waals surface area contributed by atoms with Crippen LogP contribution in [-0.2, 0) is 4.79 Å². The van der Waals surface area contributed by atoms with Crippen molar-refractivity contribution in [3.05, 3.63) is 57.1 Å². The van der Waals surface area contributed by atoms with Crippen molar-refractivity contribution in [1.82, 2.24) is 4.90 Å². The number of nitro benzene ring substituents is 1. The Bertz CT molecular complexity index is 1120. The fourth-order valence-corrected chi connectivity index (χ4v) is 4.82. The number of carbonyl (C=O) groups excluding carboxylic acids is 2. The maximum absolute atomic E-state index is 13.1. The second-order valence-electron chi connectivity index (χ2n) is 9.24. The molecule has 186 valence electrons. The van der Waals surface area contributed by atoms with Gasteiger partial charge in [0.1, 0.15) is 5.69 Å². The molecule has 0 saturated carbocycles. The summed E-state index contributed by atoms with van der Waals surface area (Å²) in [4.78, 5) is 42.7. The Hall–Kier alpha value is -3.33. The van der Waals surface area contributed by atoms with Gasteiger partial charge in [0.15, 0.2) is 0 Å². The van der Waals surface area contributed by atoms with E-state index in [9.17, 15) is 19.7 Å². The molecule has 2 aliphatic rings. The first-order valence-electron chi connectivity index (χ1n) is 11.9. The van der Waals surface area contributed by atoms with Crippen molar-refractivity contribution in [3.8, 4) is 0 Å². The Balaban J connectivity index is 1.53. The minimum Gasteiger partial charge on any atom is -0.366 e. The minimum absolute atomic E-state index is 0.0483. The zero-order chi connectivity index (χ0) is 25.1. The topological polar surface area (TPSA) is 99.0 Å². The molecule has 0 unspecified atom stereocenters. The molecule has 2 heterocycles. The second-order valence-corrected chi connectivity index (χ2v) is 9.67. The number of nitrogens with one attached hydrogen (secondary N) is 1. The third-order valence-corrected chi connectivity index (χ3v) is 6.75. The van der Waals surface area contributed by atoms with Gasteiger partial charge in [0.2, 0.25) is 5.91 Å². The monoisotopic (exact) mass is 499 g/mol. The fraction of sp³-hybridized carbons (Fsp3) is 0.440. The highest BCUT2D eigenvalue weighted by atomic mass is 35.5. The zero-order valence-electron chi connectivity index (χ0n) is 20.0. The Morgan fingerprint density at radius 1 is 0.943 bits per heavy atom. The number of hydrogen-bond donors (Lipinski definition) is 1. The lowest BCUT2D eigenvalue weighted by molar-refractivity contribution is -0.384. The van der Waals surface area contributed by atoms with Crippen LogP contribution in [-0.4, -0.2) is 60.9 Å². The smallest absolute Gasteiger partial charge is 0.293 e. The molecule has 0 aromatic heterocycles. The number of hydrogen-bond acceptors (Lipinski definition) is 6. The molecule has 10 heteroatoms. The van der Waals surface area contributed by atoms with Crippen molar-refractivity contribution in [2.45, 2.75) is 26.7 Å². The molecule has 0 atom stereocenters. The molecule has 0 spiro atoms. The normalized spacial score (nSPS) is 16.1. The summed E-state index contributed by atoms with van der Waals surface area (Å²) in [6, 6.07) is 9.89. The van der Waals surface area contributed by atoms with Gasteiger partial charge in [-0.15, -0.1) is 0 Å². The Morgan fingerprint density at radius 3 is 2.20 bits per heavy atom. The first-order valence-corrected chi connectivity index (χ1v) is 12.3. The van der Waals surface area contributed by atoms with Crippen LogP contribution < -0.4 is 15.1 Å². The quantitative estimate of drug-likeness (QED) is 0.467. The van der Waals surface area contributed by atoms with E-state index in [4.69, 9.17) is 11.6 Å². The summed E-state index contributed by atoms with van der Waals surface area (Å²) in [5, 5.41) is 15.1. The van der Waals surface area contributed by atoms with Crippen LogP contribution in [0.15, 0.2) is 36.4 Å². The minimum atomic E-state index is -0.446. The molecule has 2 amide bonds.